The number of nitrogens with zero attached hydrogens (tertiary/aromatic N) is 1. The summed E-state index contributed by atoms with van der Waals surface area (Å²) in [4.78, 5) is 16.2. The lowest BCUT2D eigenvalue weighted by atomic mass is 10.2. The van der Waals surface area contributed by atoms with Gasteiger partial charge in [-0.25, -0.2) is 9.37 Å². The van der Waals surface area contributed by atoms with Crippen molar-refractivity contribution in [2.75, 3.05) is 11.9 Å². The van der Waals surface area contributed by atoms with Gasteiger partial charge in [0, 0.05) is 5.39 Å². The van der Waals surface area contributed by atoms with Gasteiger partial charge in [-0.15, -0.1) is 0 Å². The van der Waals surface area contributed by atoms with E-state index in [0.29, 0.717) is 11.6 Å². The number of nitrogens with one attached hydrogen (secondary N) is 1. The molecule has 0 atom stereocenters. The summed E-state index contributed by atoms with van der Waals surface area (Å²) in [5, 5.41) is 3.67. The number of anilines is 1. The molecule has 1 aromatic heterocycles. The minimum absolute atomic E-state index is 0.167. The van der Waals surface area contributed by atoms with Crippen LogP contribution in [0.15, 0.2) is 60.7 Å². The second-order valence-electron chi connectivity index (χ2n) is 4.68. The maximum absolute atomic E-state index is 12.8. The van der Waals surface area contributed by atoms with E-state index in [1.54, 1.807) is 6.07 Å². The Kier molecular flexibility index (Phi) is 3.96. The fraction of sp³-hybridized carbons (Fsp3) is 0.0588. The van der Waals surface area contributed by atoms with Crippen molar-refractivity contribution in [2.24, 2.45) is 0 Å². The third kappa shape index (κ3) is 3.38. The Morgan fingerprint density at radius 3 is 2.64 bits per heavy atom. The summed E-state index contributed by atoms with van der Waals surface area (Å²) in [5.74, 6) is 0.221. The van der Waals surface area contributed by atoms with E-state index in [1.807, 2.05) is 30.3 Å². The van der Waals surface area contributed by atoms with Crippen LogP contribution in [0, 0.1) is 5.82 Å². The van der Waals surface area contributed by atoms with E-state index in [2.05, 4.69) is 10.3 Å². The molecular formula is C17H13FN2O2. The van der Waals surface area contributed by atoms with Crippen LogP contribution in [0.4, 0.5) is 10.2 Å². The van der Waals surface area contributed by atoms with Crippen molar-refractivity contribution in [3.8, 4) is 5.75 Å². The molecule has 110 valence electrons. The summed E-state index contributed by atoms with van der Waals surface area (Å²) in [5.41, 5.74) is 0.805. The van der Waals surface area contributed by atoms with Crippen LogP contribution in [0.2, 0.25) is 0 Å². The predicted molar refractivity (Wildman–Crippen MR) is 82.3 cm³/mol. The Hall–Kier alpha value is -2.95. The maximum atomic E-state index is 12.8. The molecule has 0 aliphatic carbocycles. The SMILES string of the molecule is O=C(COc1ccc(F)cc1)Nc1ccc2ccccc2n1. The second kappa shape index (κ2) is 6.22. The topological polar surface area (TPSA) is 51.2 Å². The standard InChI is InChI=1S/C17H13FN2O2/c18-13-6-8-14(9-7-13)22-11-17(21)20-16-10-5-12-3-1-2-4-15(12)19-16/h1-10H,11H2,(H,19,20,21). The third-order valence-electron chi connectivity index (χ3n) is 3.05. The minimum atomic E-state index is -0.350. The number of benzene rings is 2. The van der Waals surface area contributed by atoms with Gasteiger partial charge >= 0.3 is 0 Å². The van der Waals surface area contributed by atoms with Crippen LogP contribution in [0.25, 0.3) is 10.9 Å². The number of hydrogen-bond acceptors (Lipinski definition) is 3. The molecule has 0 aliphatic heterocycles. The minimum Gasteiger partial charge on any atom is -0.484 e. The zero-order valence-electron chi connectivity index (χ0n) is 11.6. The molecule has 5 heteroatoms. The largest absolute Gasteiger partial charge is 0.484 e. The molecule has 0 bridgehead atoms. The highest BCUT2D eigenvalue weighted by atomic mass is 19.1. The van der Waals surface area contributed by atoms with E-state index < -0.39 is 0 Å². The van der Waals surface area contributed by atoms with Crippen molar-refractivity contribution in [1.82, 2.24) is 4.98 Å². The number of halogens is 1. The number of amides is 1. The highest BCUT2D eigenvalue weighted by Gasteiger charge is 2.05. The normalized spacial score (nSPS) is 10.4. The number of aromatic nitrogens is 1. The summed E-state index contributed by atoms with van der Waals surface area (Å²) in [7, 11) is 0. The molecule has 0 unspecified atom stereocenters. The number of ether oxygens (including phenoxy) is 1. The van der Waals surface area contributed by atoms with E-state index in [9.17, 15) is 9.18 Å². The van der Waals surface area contributed by atoms with Gasteiger partial charge in [0.1, 0.15) is 17.4 Å². The number of pyridine rings is 1. The molecule has 1 heterocycles. The van der Waals surface area contributed by atoms with Gasteiger partial charge in [0.05, 0.1) is 5.52 Å². The molecule has 0 saturated heterocycles. The summed E-state index contributed by atoms with van der Waals surface area (Å²) >= 11 is 0. The number of carbonyl (C=O) groups is 1. The Morgan fingerprint density at radius 1 is 1.05 bits per heavy atom. The smallest absolute Gasteiger partial charge is 0.263 e. The van der Waals surface area contributed by atoms with Crippen molar-refractivity contribution in [1.29, 1.82) is 0 Å². The number of rotatable bonds is 4. The van der Waals surface area contributed by atoms with Gasteiger partial charge in [-0.3, -0.25) is 4.79 Å². The van der Waals surface area contributed by atoms with Crippen LogP contribution in [0.5, 0.6) is 5.75 Å². The average Bonchev–Trinajstić information content (AvgIpc) is 2.54. The fourth-order valence-corrected chi connectivity index (χ4v) is 1.99. The van der Waals surface area contributed by atoms with Gasteiger partial charge in [0.15, 0.2) is 6.61 Å². The number of carbonyl (C=O) groups excluding carboxylic acids is 1. The molecule has 0 aliphatic rings. The number of fused-ring (bicyclic) bond motifs is 1. The van der Waals surface area contributed by atoms with E-state index in [1.165, 1.54) is 24.3 Å². The first-order valence-electron chi connectivity index (χ1n) is 6.75. The molecule has 4 nitrogen and oxygen atoms in total. The summed E-state index contributed by atoms with van der Waals surface area (Å²) in [6.07, 6.45) is 0. The van der Waals surface area contributed by atoms with Crippen LogP contribution >= 0.6 is 0 Å². The highest BCUT2D eigenvalue weighted by Crippen LogP contribution is 2.15. The predicted octanol–water partition coefficient (Wildman–Crippen LogP) is 3.39. The van der Waals surface area contributed by atoms with E-state index in [-0.39, 0.29) is 18.3 Å². The molecule has 3 rings (SSSR count). The molecule has 0 saturated carbocycles. The first-order chi connectivity index (χ1) is 10.7. The molecule has 22 heavy (non-hydrogen) atoms. The first kappa shape index (κ1) is 14.0. The van der Waals surface area contributed by atoms with E-state index in [0.717, 1.165) is 10.9 Å². The molecule has 0 radical (unpaired) electrons. The van der Waals surface area contributed by atoms with Gasteiger partial charge in [0.2, 0.25) is 0 Å². The van der Waals surface area contributed by atoms with Crippen molar-refractivity contribution in [3.05, 3.63) is 66.5 Å². The monoisotopic (exact) mass is 296 g/mol. The highest BCUT2D eigenvalue weighted by molar-refractivity contribution is 5.92. The van der Waals surface area contributed by atoms with Crippen LogP contribution in [-0.2, 0) is 4.79 Å². The average molecular weight is 296 g/mol. The summed E-state index contributed by atoms with van der Waals surface area (Å²) < 4.78 is 18.0. The molecule has 0 fully saturated rings. The van der Waals surface area contributed by atoms with E-state index >= 15 is 0 Å². The van der Waals surface area contributed by atoms with Crippen LogP contribution < -0.4 is 10.1 Å². The second-order valence-corrected chi connectivity index (χ2v) is 4.68. The Balaban J connectivity index is 1.61. The first-order valence-corrected chi connectivity index (χ1v) is 6.75. The van der Waals surface area contributed by atoms with Gasteiger partial charge in [-0.05, 0) is 42.5 Å². The maximum Gasteiger partial charge on any atom is 0.263 e. The van der Waals surface area contributed by atoms with Crippen molar-refractivity contribution in [2.45, 2.75) is 0 Å². The van der Waals surface area contributed by atoms with Crippen molar-refractivity contribution in [3.63, 3.8) is 0 Å². The molecule has 1 amide bonds. The Bertz CT molecular complexity index is 803. The van der Waals surface area contributed by atoms with Crippen LogP contribution in [0.1, 0.15) is 0 Å². The summed E-state index contributed by atoms with van der Waals surface area (Å²) in [6.45, 7) is -0.167. The van der Waals surface area contributed by atoms with Crippen molar-refractivity contribution >= 4 is 22.6 Å². The van der Waals surface area contributed by atoms with Gasteiger partial charge in [-0.2, -0.15) is 0 Å². The number of hydrogen-bond donors (Lipinski definition) is 1. The van der Waals surface area contributed by atoms with Gasteiger partial charge in [0.25, 0.3) is 5.91 Å². The molecule has 2 aromatic carbocycles. The zero-order valence-corrected chi connectivity index (χ0v) is 11.6. The Morgan fingerprint density at radius 2 is 1.82 bits per heavy atom. The zero-order chi connectivity index (χ0) is 15.4. The van der Waals surface area contributed by atoms with Gasteiger partial charge in [-0.1, -0.05) is 18.2 Å². The molecule has 1 N–H and O–H groups in total. The molecule has 3 aromatic rings. The van der Waals surface area contributed by atoms with Gasteiger partial charge < -0.3 is 10.1 Å². The Labute approximate surface area is 126 Å². The summed E-state index contributed by atoms with van der Waals surface area (Å²) in [6, 6.07) is 16.8. The van der Waals surface area contributed by atoms with E-state index in [4.69, 9.17) is 4.74 Å². The number of para-hydroxylation sites is 1. The van der Waals surface area contributed by atoms with Crippen LogP contribution in [0.3, 0.4) is 0 Å². The lowest BCUT2D eigenvalue weighted by Crippen LogP contribution is -2.20. The molecule has 0 spiro atoms. The quantitative estimate of drug-likeness (QED) is 0.803. The molecular weight excluding hydrogens is 283 g/mol. The fourth-order valence-electron chi connectivity index (χ4n) is 1.99. The van der Waals surface area contributed by atoms with Crippen LogP contribution in [-0.4, -0.2) is 17.5 Å². The third-order valence-corrected chi connectivity index (χ3v) is 3.05. The van der Waals surface area contributed by atoms with Crippen molar-refractivity contribution < 1.29 is 13.9 Å². The lowest BCUT2D eigenvalue weighted by Gasteiger charge is -2.07. The lowest BCUT2D eigenvalue weighted by molar-refractivity contribution is -0.118.